The molecular weight excluding hydrogens is 184 g/mol. The first-order chi connectivity index (χ1) is 7.06. The van der Waals surface area contributed by atoms with Gasteiger partial charge in [-0.2, -0.15) is 0 Å². The average Bonchev–Trinajstić information content (AvgIpc) is 2.18. The minimum atomic E-state index is 0.324. The highest BCUT2D eigenvalue weighted by Gasteiger charge is 2.17. The zero-order valence-corrected chi connectivity index (χ0v) is 10.2. The molecule has 15 heavy (non-hydrogen) atoms. The second-order valence-corrected chi connectivity index (χ2v) is 4.42. The third-order valence-corrected chi connectivity index (χ3v) is 2.96. The van der Waals surface area contributed by atoms with Crippen LogP contribution in [0.4, 0.5) is 0 Å². The molecule has 0 spiro atoms. The molecular formula is C13H22N2. The van der Waals surface area contributed by atoms with E-state index in [1.165, 1.54) is 11.1 Å². The Balaban J connectivity index is 2.92. The molecule has 0 bridgehead atoms. The van der Waals surface area contributed by atoms with E-state index in [1.54, 1.807) is 0 Å². The Morgan fingerprint density at radius 1 is 1.33 bits per heavy atom. The Labute approximate surface area is 93.1 Å². The van der Waals surface area contributed by atoms with Crippen LogP contribution >= 0.6 is 0 Å². The largest absolute Gasteiger partial charge is 0.329 e. The molecule has 0 saturated heterocycles. The van der Waals surface area contributed by atoms with Crippen LogP contribution < -0.4 is 5.73 Å². The van der Waals surface area contributed by atoms with Crippen molar-refractivity contribution in [2.45, 2.75) is 32.9 Å². The van der Waals surface area contributed by atoms with Gasteiger partial charge in [0.2, 0.25) is 0 Å². The second kappa shape index (κ2) is 5.29. The molecule has 0 aromatic heterocycles. The molecule has 1 aromatic rings. The van der Waals surface area contributed by atoms with Crippen molar-refractivity contribution in [3.63, 3.8) is 0 Å². The van der Waals surface area contributed by atoms with E-state index in [0.717, 1.165) is 0 Å². The van der Waals surface area contributed by atoms with Gasteiger partial charge in [0, 0.05) is 18.6 Å². The number of hydrogen-bond donors (Lipinski definition) is 1. The molecule has 84 valence electrons. The smallest absolute Gasteiger partial charge is 0.0470 e. The number of likely N-dealkylation sites (N-methyl/N-ethyl adjacent to an activating group) is 1. The summed E-state index contributed by atoms with van der Waals surface area (Å²) >= 11 is 0. The number of nitrogens with two attached hydrogens (primary N) is 1. The van der Waals surface area contributed by atoms with Gasteiger partial charge < -0.3 is 5.73 Å². The lowest BCUT2D eigenvalue weighted by molar-refractivity contribution is 0.201. The van der Waals surface area contributed by atoms with Gasteiger partial charge in [-0.3, -0.25) is 4.90 Å². The van der Waals surface area contributed by atoms with Crippen molar-refractivity contribution in [2.24, 2.45) is 5.73 Å². The molecule has 1 unspecified atom stereocenters. The molecule has 0 heterocycles. The Hall–Kier alpha value is -0.860. The van der Waals surface area contributed by atoms with Crippen molar-refractivity contribution in [2.75, 3.05) is 13.6 Å². The molecule has 1 rings (SSSR count). The van der Waals surface area contributed by atoms with Crippen LogP contribution in [0.25, 0.3) is 0 Å². The third-order valence-electron chi connectivity index (χ3n) is 2.96. The molecule has 0 aliphatic heterocycles. The average molecular weight is 206 g/mol. The Bertz CT molecular complexity index is 307. The first kappa shape index (κ1) is 12.2. The first-order valence-corrected chi connectivity index (χ1v) is 5.54. The molecule has 0 radical (unpaired) electrons. The Morgan fingerprint density at radius 2 is 2.00 bits per heavy atom. The molecule has 1 aromatic carbocycles. The van der Waals surface area contributed by atoms with Gasteiger partial charge in [-0.1, -0.05) is 29.8 Å². The van der Waals surface area contributed by atoms with Crippen LogP contribution in [-0.4, -0.2) is 24.5 Å². The minimum Gasteiger partial charge on any atom is -0.329 e. The Kier molecular flexibility index (Phi) is 4.30. The number of rotatable bonds is 4. The van der Waals surface area contributed by atoms with Crippen molar-refractivity contribution in [3.05, 3.63) is 35.4 Å². The highest BCUT2D eigenvalue weighted by Crippen LogP contribution is 2.20. The summed E-state index contributed by atoms with van der Waals surface area (Å²) in [5.41, 5.74) is 8.46. The molecule has 0 aliphatic rings. The molecule has 0 fully saturated rings. The Morgan fingerprint density at radius 3 is 2.47 bits per heavy atom. The normalized spacial score (nSPS) is 13.5. The second-order valence-electron chi connectivity index (χ2n) is 4.42. The SMILES string of the molecule is Cc1cccc(C(CN)N(C)C(C)C)c1. The van der Waals surface area contributed by atoms with Crippen LogP contribution in [0.1, 0.15) is 31.0 Å². The fraction of sp³-hybridized carbons (Fsp3) is 0.538. The van der Waals surface area contributed by atoms with E-state index < -0.39 is 0 Å². The monoisotopic (exact) mass is 206 g/mol. The lowest BCUT2D eigenvalue weighted by atomic mass is 10.0. The maximum absolute atomic E-state index is 5.85. The lowest BCUT2D eigenvalue weighted by Crippen LogP contribution is -2.35. The molecule has 0 amide bonds. The van der Waals surface area contributed by atoms with Crippen molar-refractivity contribution >= 4 is 0 Å². The van der Waals surface area contributed by atoms with Gasteiger partial charge in [0.25, 0.3) is 0 Å². The topological polar surface area (TPSA) is 29.3 Å². The molecule has 0 saturated carbocycles. The summed E-state index contributed by atoms with van der Waals surface area (Å²) in [6.07, 6.45) is 0. The third kappa shape index (κ3) is 3.05. The van der Waals surface area contributed by atoms with Gasteiger partial charge in [-0.05, 0) is 33.4 Å². The predicted octanol–water partition coefficient (Wildman–Crippen LogP) is 2.34. The van der Waals surface area contributed by atoms with Gasteiger partial charge in [-0.15, -0.1) is 0 Å². The van der Waals surface area contributed by atoms with Gasteiger partial charge in [-0.25, -0.2) is 0 Å². The summed E-state index contributed by atoms with van der Waals surface area (Å²) in [5.74, 6) is 0. The van der Waals surface area contributed by atoms with Crippen LogP contribution in [0.5, 0.6) is 0 Å². The summed E-state index contributed by atoms with van der Waals surface area (Å²) in [7, 11) is 2.13. The molecule has 2 heteroatoms. The first-order valence-electron chi connectivity index (χ1n) is 5.54. The van der Waals surface area contributed by atoms with E-state index >= 15 is 0 Å². The van der Waals surface area contributed by atoms with Crippen LogP contribution in [0.2, 0.25) is 0 Å². The highest BCUT2D eigenvalue weighted by atomic mass is 15.2. The molecule has 1 atom stereocenters. The van der Waals surface area contributed by atoms with E-state index in [-0.39, 0.29) is 0 Å². The molecule has 2 N–H and O–H groups in total. The maximum Gasteiger partial charge on any atom is 0.0470 e. The van der Waals surface area contributed by atoms with Crippen LogP contribution in [0.15, 0.2) is 24.3 Å². The number of hydrogen-bond acceptors (Lipinski definition) is 2. The quantitative estimate of drug-likeness (QED) is 0.819. The zero-order chi connectivity index (χ0) is 11.4. The van der Waals surface area contributed by atoms with E-state index in [1.807, 2.05) is 0 Å². The fourth-order valence-corrected chi connectivity index (χ4v) is 1.77. The summed E-state index contributed by atoms with van der Waals surface area (Å²) in [6.45, 7) is 7.17. The van der Waals surface area contributed by atoms with Crippen molar-refractivity contribution in [1.29, 1.82) is 0 Å². The van der Waals surface area contributed by atoms with Crippen molar-refractivity contribution in [1.82, 2.24) is 4.90 Å². The standard InChI is InChI=1S/C13H22N2/c1-10(2)15(4)13(9-14)12-7-5-6-11(3)8-12/h5-8,10,13H,9,14H2,1-4H3. The fourth-order valence-electron chi connectivity index (χ4n) is 1.77. The van der Waals surface area contributed by atoms with Gasteiger partial charge in [0.1, 0.15) is 0 Å². The summed E-state index contributed by atoms with van der Waals surface area (Å²) < 4.78 is 0. The maximum atomic E-state index is 5.85. The van der Waals surface area contributed by atoms with Crippen molar-refractivity contribution < 1.29 is 0 Å². The molecule has 2 nitrogen and oxygen atoms in total. The summed E-state index contributed by atoms with van der Waals surface area (Å²) in [6, 6.07) is 9.43. The molecule has 0 aliphatic carbocycles. The van der Waals surface area contributed by atoms with Crippen LogP contribution in [-0.2, 0) is 0 Å². The van der Waals surface area contributed by atoms with E-state index in [0.29, 0.717) is 18.6 Å². The summed E-state index contributed by atoms with van der Waals surface area (Å²) in [4.78, 5) is 2.31. The van der Waals surface area contributed by atoms with Gasteiger partial charge >= 0.3 is 0 Å². The van der Waals surface area contributed by atoms with E-state index in [9.17, 15) is 0 Å². The number of aryl methyl sites for hydroxylation is 1. The van der Waals surface area contributed by atoms with Gasteiger partial charge in [0.15, 0.2) is 0 Å². The number of nitrogens with zero attached hydrogens (tertiary/aromatic N) is 1. The highest BCUT2D eigenvalue weighted by molar-refractivity contribution is 5.25. The van der Waals surface area contributed by atoms with E-state index in [2.05, 4.69) is 57.0 Å². The van der Waals surface area contributed by atoms with Gasteiger partial charge in [0.05, 0.1) is 0 Å². The summed E-state index contributed by atoms with van der Waals surface area (Å²) in [5, 5.41) is 0. The minimum absolute atomic E-state index is 0.324. The number of benzene rings is 1. The van der Waals surface area contributed by atoms with Crippen LogP contribution in [0.3, 0.4) is 0 Å². The lowest BCUT2D eigenvalue weighted by Gasteiger charge is -2.30. The predicted molar refractivity (Wildman–Crippen MR) is 65.9 cm³/mol. The van der Waals surface area contributed by atoms with Crippen molar-refractivity contribution in [3.8, 4) is 0 Å². The van der Waals surface area contributed by atoms with E-state index in [4.69, 9.17) is 5.73 Å². The zero-order valence-electron chi connectivity index (χ0n) is 10.2. The van der Waals surface area contributed by atoms with Crippen LogP contribution in [0, 0.1) is 6.92 Å².